The lowest BCUT2D eigenvalue weighted by Crippen LogP contribution is -2.27. The van der Waals surface area contributed by atoms with E-state index in [2.05, 4.69) is 10.1 Å². The number of ether oxygens (including phenoxy) is 1. The van der Waals surface area contributed by atoms with Crippen LogP contribution in [-0.4, -0.2) is 31.2 Å². The standard InChI is InChI=1S/C14H16N4O5S/c1-3-23-10-4-6-11(7-5-10)24(21,22)18-15-8-12-9(2)16-14(20)17-13(12)19/h4-8,18H,3H2,1-2H3,(H2,16,17,19,20)/b15-8-. The third kappa shape index (κ3) is 4.10. The smallest absolute Gasteiger partial charge is 0.325 e. The van der Waals surface area contributed by atoms with Crippen LogP contribution in [0.15, 0.2) is 43.9 Å². The molecule has 0 fully saturated rings. The number of rotatable bonds is 6. The lowest BCUT2D eigenvalue weighted by atomic mass is 10.2. The van der Waals surface area contributed by atoms with Crippen LogP contribution in [0.5, 0.6) is 5.75 Å². The van der Waals surface area contributed by atoms with Crippen LogP contribution in [0.1, 0.15) is 18.2 Å². The van der Waals surface area contributed by atoms with Crippen LogP contribution in [0.4, 0.5) is 0 Å². The first-order valence-corrected chi connectivity index (χ1v) is 8.42. The topological polar surface area (TPSA) is 133 Å². The predicted molar refractivity (Wildman–Crippen MR) is 87.9 cm³/mol. The molecule has 2 rings (SSSR count). The molecule has 0 atom stereocenters. The maximum Gasteiger partial charge on any atom is 0.325 e. The van der Waals surface area contributed by atoms with E-state index >= 15 is 0 Å². The van der Waals surface area contributed by atoms with E-state index in [-0.39, 0.29) is 16.2 Å². The van der Waals surface area contributed by atoms with Gasteiger partial charge in [-0.25, -0.2) is 9.63 Å². The number of hydrogen-bond acceptors (Lipinski definition) is 6. The molecular formula is C14H16N4O5S. The van der Waals surface area contributed by atoms with Crippen molar-refractivity contribution in [2.75, 3.05) is 6.61 Å². The molecule has 1 heterocycles. The number of aromatic nitrogens is 2. The summed E-state index contributed by atoms with van der Waals surface area (Å²) in [7, 11) is -3.88. The van der Waals surface area contributed by atoms with Gasteiger partial charge in [0.25, 0.3) is 15.6 Å². The zero-order chi connectivity index (χ0) is 17.7. The van der Waals surface area contributed by atoms with Crippen LogP contribution in [-0.2, 0) is 10.0 Å². The minimum absolute atomic E-state index is 0.00444. The summed E-state index contributed by atoms with van der Waals surface area (Å²) in [6.07, 6.45) is 1.02. The molecule has 0 aliphatic heterocycles. The minimum Gasteiger partial charge on any atom is -0.494 e. The highest BCUT2D eigenvalue weighted by atomic mass is 32.2. The van der Waals surface area contributed by atoms with Crippen molar-refractivity contribution < 1.29 is 13.2 Å². The fourth-order valence-electron chi connectivity index (χ4n) is 1.86. The molecule has 2 aromatic rings. The van der Waals surface area contributed by atoms with Gasteiger partial charge in [-0.1, -0.05) is 0 Å². The Kier molecular flexibility index (Phi) is 5.19. The normalized spacial score (nSPS) is 11.6. The van der Waals surface area contributed by atoms with Crippen molar-refractivity contribution in [3.05, 3.63) is 56.4 Å². The van der Waals surface area contributed by atoms with Gasteiger partial charge in [0.05, 0.1) is 23.3 Å². The molecule has 10 heteroatoms. The molecule has 1 aromatic heterocycles. The third-order valence-corrected chi connectivity index (χ3v) is 4.23. The maximum atomic E-state index is 12.1. The van der Waals surface area contributed by atoms with Crippen LogP contribution in [0.2, 0.25) is 0 Å². The van der Waals surface area contributed by atoms with Gasteiger partial charge in [0.2, 0.25) is 0 Å². The molecular weight excluding hydrogens is 336 g/mol. The summed E-state index contributed by atoms with van der Waals surface area (Å²) in [5.41, 5.74) is -0.998. The minimum atomic E-state index is -3.88. The van der Waals surface area contributed by atoms with Crippen molar-refractivity contribution in [1.82, 2.24) is 14.8 Å². The van der Waals surface area contributed by atoms with Crippen LogP contribution in [0.3, 0.4) is 0 Å². The van der Waals surface area contributed by atoms with E-state index in [0.29, 0.717) is 12.4 Å². The van der Waals surface area contributed by atoms with E-state index in [0.717, 1.165) is 6.21 Å². The number of H-pyrrole nitrogens is 2. The van der Waals surface area contributed by atoms with Gasteiger partial charge in [-0.05, 0) is 38.1 Å². The average molecular weight is 352 g/mol. The summed E-state index contributed by atoms with van der Waals surface area (Å²) in [5.74, 6) is 0.551. The van der Waals surface area contributed by atoms with Crippen LogP contribution < -0.4 is 20.8 Å². The Morgan fingerprint density at radius 1 is 1.21 bits per heavy atom. The molecule has 128 valence electrons. The Bertz CT molecular complexity index is 958. The lowest BCUT2D eigenvalue weighted by Gasteiger charge is -2.06. The fraction of sp³-hybridized carbons (Fsp3) is 0.214. The summed E-state index contributed by atoms with van der Waals surface area (Å²) in [5, 5.41) is 3.56. The molecule has 0 saturated heterocycles. The molecule has 0 spiro atoms. The summed E-state index contributed by atoms with van der Waals surface area (Å²) >= 11 is 0. The molecule has 0 aliphatic carbocycles. The van der Waals surface area contributed by atoms with E-state index in [9.17, 15) is 18.0 Å². The second-order valence-corrected chi connectivity index (χ2v) is 6.37. The second-order valence-electron chi connectivity index (χ2n) is 4.70. The summed E-state index contributed by atoms with van der Waals surface area (Å²) in [6, 6.07) is 5.80. The molecule has 0 bridgehead atoms. The summed E-state index contributed by atoms with van der Waals surface area (Å²) in [6.45, 7) is 3.79. The number of benzene rings is 1. The number of hydrogen-bond donors (Lipinski definition) is 3. The van der Waals surface area contributed by atoms with Crippen molar-refractivity contribution in [3.63, 3.8) is 0 Å². The molecule has 0 unspecified atom stereocenters. The van der Waals surface area contributed by atoms with E-state index in [1.165, 1.54) is 31.2 Å². The quantitative estimate of drug-likeness (QED) is 0.500. The number of aryl methyl sites for hydroxylation is 1. The largest absolute Gasteiger partial charge is 0.494 e. The molecule has 3 N–H and O–H groups in total. The van der Waals surface area contributed by atoms with Gasteiger partial charge in [-0.2, -0.15) is 13.5 Å². The zero-order valence-electron chi connectivity index (χ0n) is 13.0. The first kappa shape index (κ1) is 17.5. The van der Waals surface area contributed by atoms with E-state index < -0.39 is 21.3 Å². The van der Waals surface area contributed by atoms with Gasteiger partial charge in [0.15, 0.2) is 0 Å². The summed E-state index contributed by atoms with van der Waals surface area (Å²) in [4.78, 5) is 29.1. The van der Waals surface area contributed by atoms with Crippen molar-refractivity contribution in [3.8, 4) is 5.75 Å². The van der Waals surface area contributed by atoms with Crippen molar-refractivity contribution in [1.29, 1.82) is 0 Å². The van der Waals surface area contributed by atoms with Crippen molar-refractivity contribution >= 4 is 16.2 Å². The molecule has 0 saturated carbocycles. The van der Waals surface area contributed by atoms with Crippen LogP contribution in [0, 0.1) is 6.92 Å². The van der Waals surface area contributed by atoms with Gasteiger partial charge in [0, 0.05) is 5.69 Å². The zero-order valence-corrected chi connectivity index (χ0v) is 13.8. The highest BCUT2D eigenvalue weighted by molar-refractivity contribution is 7.89. The monoisotopic (exact) mass is 352 g/mol. The SMILES string of the molecule is CCOc1ccc(S(=O)(=O)N/N=C\c2c(C)[nH]c(=O)[nH]c2=O)cc1. The summed E-state index contributed by atoms with van der Waals surface area (Å²) < 4.78 is 29.4. The average Bonchev–Trinajstić information content (AvgIpc) is 2.51. The first-order chi connectivity index (χ1) is 11.3. The van der Waals surface area contributed by atoms with Gasteiger partial charge in [-0.3, -0.25) is 9.78 Å². The number of nitrogens with one attached hydrogen (secondary N) is 3. The maximum absolute atomic E-state index is 12.1. The van der Waals surface area contributed by atoms with Crippen molar-refractivity contribution in [2.24, 2.45) is 5.10 Å². The van der Waals surface area contributed by atoms with Crippen molar-refractivity contribution in [2.45, 2.75) is 18.7 Å². The second kappa shape index (κ2) is 7.13. The number of aromatic amines is 2. The molecule has 24 heavy (non-hydrogen) atoms. The highest BCUT2D eigenvalue weighted by Gasteiger charge is 2.13. The Morgan fingerprint density at radius 3 is 2.46 bits per heavy atom. The number of sulfonamides is 1. The fourth-order valence-corrected chi connectivity index (χ4v) is 2.65. The number of nitrogens with zero attached hydrogens (tertiary/aromatic N) is 1. The molecule has 1 aromatic carbocycles. The molecule has 0 amide bonds. The highest BCUT2D eigenvalue weighted by Crippen LogP contribution is 2.15. The van der Waals surface area contributed by atoms with E-state index in [1.807, 2.05) is 16.7 Å². The number of hydrazone groups is 1. The molecule has 0 radical (unpaired) electrons. The van der Waals surface area contributed by atoms with Crippen LogP contribution in [0.25, 0.3) is 0 Å². The predicted octanol–water partition coefficient (Wildman–Crippen LogP) is 0.0827. The molecule has 9 nitrogen and oxygen atoms in total. The Morgan fingerprint density at radius 2 is 1.88 bits per heavy atom. The third-order valence-electron chi connectivity index (χ3n) is 2.99. The van der Waals surface area contributed by atoms with Gasteiger partial charge >= 0.3 is 5.69 Å². The van der Waals surface area contributed by atoms with Crippen LogP contribution >= 0.6 is 0 Å². The van der Waals surface area contributed by atoms with Gasteiger partial charge in [0.1, 0.15) is 5.75 Å². The van der Waals surface area contributed by atoms with E-state index in [4.69, 9.17) is 4.74 Å². The Balaban J connectivity index is 2.18. The van der Waals surface area contributed by atoms with Gasteiger partial charge in [-0.15, -0.1) is 0 Å². The van der Waals surface area contributed by atoms with Gasteiger partial charge < -0.3 is 9.72 Å². The first-order valence-electron chi connectivity index (χ1n) is 6.94. The van der Waals surface area contributed by atoms with E-state index in [1.54, 1.807) is 0 Å². The molecule has 0 aliphatic rings. The Hall–Kier alpha value is -2.88. The Labute approximate surface area is 137 Å². The lowest BCUT2D eigenvalue weighted by molar-refractivity contribution is 0.340.